The number of anilines is 2. The van der Waals surface area contributed by atoms with Gasteiger partial charge in [0, 0.05) is 42.4 Å². The van der Waals surface area contributed by atoms with Crippen LogP contribution in [0.3, 0.4) is 0 Å². The van der Waals surface area contributed by atoms with Gasteiger partial charge in [0.15, 0.2) is 0 Å². The van der Waals surface area contributed by atoms with Crippen LogP contribution in [0.2, 0.25) is 5.02 Å². The zero-order valence-corrected chi connectivity index (χ0v) is 15.4. The molecule has 6 nitrogen and oxygen atoms in total. The number of aromatic nitrogens is 2. The summed E-state index contributed by atoms with van der Waals surface area (Å²) in [6.07, 6.45) is 5.18. The Bertz CT molecular complexity index is 920. The van der Waals surface area contributed by atoms with Crippen molar-refractivity contribution in [2.75, 3.05) is 36.5 Å². The highest BCUT2D eigenvalue weighted by atomic mass is 35.5. The molecule has 27 heavy (non-hydrogen) atoms. The number of nitrogens with one attached hydrogen (secondary N) is 1. The minimum Gasteiger partial charge on any atom is -0.378 e. The maximum absolute atomic E-state index is 12.5. The molecule has 0 aliphatic carbocycles. The van der Waals surface area contributed by atoms with Crippen LogP contribution in [0.15, 0.2) is 61.2 Å². The summed E-state index contributed by atoms with van der Waals surface area (Å²) < 4.78 is 7.19. The van der Waals surface area contributed by atoms with E-state index in [1.807, 2.05) is 47.2 Å². The minimum atomic E-state index is -0.171. The molecule has 0 atom stereocenters. The highest BCUT2D eigenvalue weighted by Crippen LogP contribution is 2.25. The van der Waals surface area contributed by atoms with E-state index in [0.717, 1.165) is 37.7 Å². The van der Waals surface area contributed by atoms with Crippen molar-refractivity contribution >= 4 is 28.9 Å². The molecule has 0 bridgehead atoms. The standard InChI is InChI=1S/C20H19ClN4O2/c21-18-13-16(3-6-19(18)25-8-7-22-14-25)23-20(26)15-1-4-17(5-2-15)24-9-11-27-12-10-24/h1-8,13-14H,9-12H2,(H,23,26). The van der Waals surface area contributed by atoms with Crippen molar-refractivity contribution in [1.29, 1.82) is 0 Å². The van der Waals surface area contributed by atoms with Gasteiger partial charge in [-0.05, 0) is 42.5 Å². The van der Waals surface area contributed by atoms with Crippen LogP contribution in [0, 0.1) is 0 Å². The molecule has 138 valence electrons. The van der Waals surface area contributed by atoms with E-state index in [9.17, 15) is 4.79 Å². The number of benzene rings is 2. The quantitative estimate of drug-likeness (QED) is 0.748. The highest BCUT2D eigenvalue weighted by molar-refractivity contribution is 6.32. The van der Waals surface area contributed by atoms with E-state index in [0.29, 0.717) is 16.3 Å². The molecule has 1 N–H and O–H groups in total. The lowest BCUT2D eigenvalue weighted by Gasteiger charge is -2.28. The van der Waals surface area contributed by atoms with Crippen molar-refractivity contribution in [3.63, 3.8) is 0 Å². The molecule has 1 fully saturated rings. The summed E-state index contributed by atoms with van der Waals surface area (Å²) in [7, 11) is 0. The Hall–Kier alpha value is -2.83. The highest BCUT2D eigenvalue weighted by Gasteiger charge is 2.13. The molecule has 7 heteroatoms. The van der Waals surface area contributed by atoms with Gasteiger partial charge in [0.25, 0.3) is 5.91 Å². The largest absolute Gasteiger partial charge is 0.378 e. The zero-order valence-electron chi connectivity index (χ0n) is 14.6. The van der Waals surface area contributed by atoms with E-state index < -0.39 is 0 Å². The SMILES string of the molecule is O=C(Nc1ccc(-n2ccnc2)c(Cl)c1)c1ccc(N2CCOCC2)cc1. The van der Waals surface area contributed by atoms with Crippen molar-refractivity contribution in [3.05, 3.63) is 71.8 Å². The van der Waals surface area contributed by atoms with Gasteiger partial charge >= 0.3 is 0 Å². The number of hydrogen-bond donors (Lipinski definition) is 1. The number of nitrogens with zero attached hydrogens (tertiary/aromatic N) is 3. The molecule has 2 aromatic carbocycles. The fourth-order valence-electron chi connectivity index (χ4n) is 3.04. The van der Waals surface area contributed by atoms with Crippen LogP contribution in [0.1, 0.15) is 10.4 Å². The molecule has 4 rings (SSSR count). The molecule has 0 radical (unpaired) electrons. The van der Waals surface area contributed by atoms with Gasteiger partial charge in [0.05, 0.1) is 30.3 Å². The maximum atomic E-state index is 12.5. The summed E-state index contributed by atoms with van der Waals surface area (Å²) in [6, 6.07) is 13.0. The maximum Gasteiger partial charge on any atom is 0.255 e. The molecule has 1 aliphatic heterocycles. The van der Waals surface area contributed by atoms with Gasteiger partial charge in [0.1, 0.15) is 0 Å². The molecule has 3 aromatic rings. The Balaban J connectivity index is 1.45. The number of imidazole rings is 1. The van der Waals surface area contributed by atoms with Gasteiger partial charge in [-0.2, -0.15) is 0 Å². The first-order valence-electron chi connectivity index (χ1n) is 8.73. The van der Waals surface area contributed by atoms with E-state index in [1.54, 1.807) is 18.6 Å². The summed E-state index contributed by atoms with van der Waals surface area (Å²) in [6.45, 7) is 3.21. The van der Waals surface area contributed by atoms with Crippen molar-refractivity contribution in [3.8, 4) is 5.69 Å². The lowest BCUT2D eigenvalue weighted by molar-refractivity contribution is 0.102. The summed E-state index contributed by atoms with van der Waals surface area (Å²) in [5.41, 5.74) is 3.15. The third-order valence-corrected chi connectivity index (χ3v) is 4.80. The summed E-state index contributed by atoms with van der Waals surface area (Å²) >= 11 is 6.34. The van der Waals surface area contributed by atoms with Gasteiger partial charge in [-0.1, -0.05) is 11.6 Å². The fraction of sp³-hybridized carbons (Fsp3) is 0.200. The smallest absolute Gasteiger partial charge is 0.255 e. The van der Waals surface area contributed by atoms with Gasteiger partial charge in [-0.3, -0.25) is 4.79 Å². The first-order chi connectivity index (χ1) is 13.2. The van der Waals surface area contributed by atoms with Crippen LogP contribution in [0.25, 0.3) is 5.69 Å². The number of morpholine rings is 1. The molecule has 2 heterocycles. The first kappa shape index (κ1) is 17.6. The molecule has 0 unspecified atom stereocenters. The van der Waals surface area contributed by atoms with Gasteiger partial charge in [-0.15, -0.1) is 0 Å². The second kappa shape index (κ2) is 7.82. The topological polar surface area (TPSA) is 59.4 Å². The first-order valence-corrected chi connectivity index (χ1v) is 9.10. The number of carbonyl (C=O) groups excluding carboxylic acids is 1. The molecule has 1 aliphatic rings. The third-order valence-electron chi connectivity index (χ3n) is 4.49. The van der Waals surface area contributed by atoms with Crippen LogP contribution < -0.4 is 10.2 Å². The molecule has 1 saturated heterocycles. The molecule has 0 saturated carbocycles. The normalized spacial score (nSPS) is 14.2. The Morgan fingerprint density at radius 1 is 1.11 bits per heavy atom. The third kappa shape index (κ3) is 3.97. The lowest BCUT2D eigenvalue weighted by atomic mass is 10.1. The fourth-order valence-corrected chi connectivity index (χ4v) is 3.32. The van der Waals surface area contributed by atoms with E-state index in [1.165, 1.54) is 0 Å². The van der Waals surface area contributed by atoms with E-state index >= 15 is 0 Å². The van der Waals surface area contributed by atoms with E-state index in [2.05, 4.69) is 15.2 Å². The van der Waals surface area contributed by atoms with E-state index in [-0.39, 0.29) is 5.91 Å². The average molecular weight is 383 g/mol. The minimum absolute atomic E-state index is 0.171. The summed E-state index contributed by atoms with van der Waals surface area (Å²) in [4.78, 5) is 18.8. The van der Waals surface area contributed by atoms with Crippen LogP contribution in [-0.2, 0) is 4.74 Å². The Labute approximate surface area is 162 Å². The van der Waals surface area contributed by atoms with Crippen molar-refractivity contribution in [2.45, 2.75) is 0 Å². The van der Waals surface area contributed by atoms with Gasteiger partial charge in [-0.25, -0.2) is 4.98 Å². The average Bonchev–Trinajstić information content (AvgIpc) is 3.23. The monoisotopic (exact) mass is 382 g/mol. The molecular weight excluding hydrogens is 364 g/mol. The van der Waals surface area contributed by atoms with Crippen LogP contribution in [0.5, 0.6) is 0 Å². The zero-order chi connectivity index (χ0) is 18.6. The summed E-state index contributed by atoms with van der Waals surface area (Å²) in [5.74, 6) is -0.171. The number of amides is 1. The van der Waals surface area contributed by atoms with E-state index in [4.69, 9.17) is 16.3 Å². The molecule has 1 aromatic heterocycles. The Morgan fingerprint density at radius 3 is 2.56 bits per heavy atom. The second-order valence-electron chi connectivity index (χ2n) is 6.24. The van der Waals surface area contributed by atoms with Crippen molar-refractivity contribution in [2.24, 2.45) is 0 Å². The van der Waals surface area contributed by atoms with Gasteiger partial charge in [0.2, 0.25) is 0 Å². The van der Waals surface area contributed by atoms with Crippen LogP contribution in [-0.4, -0.2) is 41.8 Å². The summed E-state index contributed by atoms with van der Waals surface area (Å²) in [5, 5.41) is 3.42. The molecule has 1 amide bonds. The Morgan fingerprint density at radius 2 is 1.89 bits per heavy atom. The predicted molar refractivity (Wildman–Crippen MR) is 106 cm³/mol. The van der Waals surface area contributed by atoms with Crippen molar-refractivity contribution < 1.29 is 9.53 Å². The van der Waals surface area contributed by atoms with Crippen LogP contribution >= 0.6 is 11.6 Å². The number of rotatable bonds is 4. The number of ether oxygens (including phenoxy) is 1. The number of halogens is 1. The lowest BCUT2D eigenvalue weighted by Crippen LogP contribution is -2.36. The van der Waals surface area contributed by atoms with Crippen LogP contribution in [0.4, 0.5) is 11.4 Å². The predicted octanol–water partition coefficient (Wildman–Crippen LogP) is 3.61. The molecular formula is C20H19ClN4O2. The van der Waals surface area contributed by atoms with Gasteiger partial charge < -0.3 is 19.5 Å². The number of carbonyl (C=O) groups is 1. The van der Waals surface area contributed by atoms with Crippen molar-refractivity contribution in [1.82, 2.24) is 9.55 Å². The molecule has 0 spiro atoms. The Kier molecular flexibility index (Phi) is 5.09. The number of hydrogen-bond acceptors (Lipinski definition) is 4. The second-order valence-corrected chi connectivity index (χ2v) is 6.64.